The summed E-state index contributed by atoms with van der Waals surface area (Å²) in [5.41, 5.74) is 4.63. The van der Waals surface area contributed by atoms with Gasteiger partial charge in [0.15, 0.2) is 0 Å². The number of imide groups is 1. The highest BCUT2D eigenvalue weighted by atomic mass is 32.2. The lowest BCUT2D eigenvalue weighted by molar-refractivity contribution is -0.115. The number of hydrogen-bond acceptors (Lipinski definition) is 7. The van der Waals surface area contributed by atoms with Gasteiger partial charge in [-0.3, -0.25) is 19.9 Å². The summed E-state index contributed by atoms with van der Waals surface area (Å²) >= 11 is 0.891. The minimum absolute atomic E-state index is 0.351. The average Bonchev–Trinajstić information content (AvgIpc) is 3.10. The molecule has 0 unspecified atom stereocenters. The number of aromatic nitrogens is 2. The van der Waals surface area contributed by atoms with Crippen molar-refractivity contribution < 1.29 is 9.59 Å². The van der Waals surface area contributed by atoms with Crippen LogP contribution in [0.2, 0.25) is 0 Å². The van der Waals surface area contributed by atoms with Crippen LogP contribution in [0.25, 0.3) is 28.1 Å². The van der Waals surface area contributed by atoms with Crippen molar-refractivity contribution in [3.8, 4) is 11.1 Å². The molecular formula is C23H21N5O2S. The molecule has 3 aromatic rings. The van der Waals surface area contributed by atoms with Crippen LogP contribution >= 0.6 is 11.8 Å². The molecule has 2 aliphatic rings. The Kier molecular flexibility index (Phi) is 5.17. The van der Waals surface area contributed by atoms with Gasteiger partial charge in [-0.1, -0.05) is 12.1 Å². The summed E-state index contributed by atoms with van der Waals surface area (Å²) in [6, 6.07) is 12.3. The van der Waals surface area contributed by atoms with E-state index in [2.05, 4.69) is 51.4 Å². The smallest absolute Gasteiger partial charge is 0.290 e. The van der Waals surface area contributed by atoms with Gasteiger partial charge in [0.25, 0.3) is 11.1 Å². The Bertz CT molecular complexity index is 1200. The predicted molar refractivity (Wildman–Crippen MR) is 124 cm³/mol. The highest BCUT2D eigenvalue weighted by molar-refractivity contribution is 8.18. The maximum absolute atomic E-state index is 11.9. The Morgan fingerprint density at radius 1 is 1.00 bits per heavy atom. The normalized spacial score (nSPS) is 18.7. The molecule has 2 fully saturated rings. The van der Waals surface area contributed by atoms with Crippen molar-refractivity contribution in [2.24, 2.45) is 0 Å². The highest BCUT2D eigenvalue weighted by Crippen LogP contribution is 2.30. The fraction of sp³-hybridized carbons (Fsp3) is 0.217. The number of amides is 2. The zero-order valence-electron chi connectivity index (χ0n) is 17.0. The number of carbonyl (C=O) groups is 2. The summed E-state index contributed by atoms with van der Waals surface area (Å²) in [5, 5.41) is 2.83. The quantitative estimate of drug-likeness (QED) is 0.637. The molecule has 156 valence electrons. The number of hydrogen-bond donors (Lipinski definition) is 1. The molecule has 0 aliphatic carbocycles. The molecule has 1 aromatic carbocycles. The van der Waals surface area contributed by atoms with Crippen LogP contribution < -0.4 is 10.2 Å². The van der Waals surface area contributed by atoms with E-state index in [1.165, 1.54) is 5.69 Å². The van der Waals surface area contributed by atoms with Crippen molar-refractivity contribution in [1.29, 1.82) is 0 Å². The van der Waals surface area contributed by atoms with Gasteiger partial charge in [0.1, 0.15) is 0 Å². The van der Waals surface area contributed by atoms with Gasteiger partial charge in [0.05, 0.1) is 16.1 Å². The molecule has 4 heterocycles. The first-order chi connectivity index (χ1) is 15.1. The molecule has 0 bridgehead atoms. The monoisotopic (exact) mass is 431 g/mol. The summed E-state index contributed by atoms with van der Waals surface area (Å²) in [5.74, 6) is -0.383. The second-order valence-electron chi connectivity index (χ2n) is 7.68. The van der Waals surface area contributed by atoms with E-state index in [9.17, 15) is 9.59 Å². The van der Waals surface area contributed by atoms with Crippen LogP contribution in [-0.4, -0.2) is 59.2 Å². The predicted octanol–water partition coefficient (Wildman–Crippen LogP) is 3.37. The lowest BCUT2D eigenvalue weighted by atomic mass is 10.0. The molecule has 0 spiro atoms. The van der Waals surface area contributed by atoms with Crippen molar-refractivity contribution in [1.82, 2.24) is 20.2 Å². The summed E-state index contributed by atoms with van der Waals surface area (Å²) in [4.78, 5) is 37.5. The van der Waals surface area contributed by atoms with Crippen LogP contribution in [0.5, 0.6) is 0 Å². The van der Waals surface area contributed by atoms with E-state index in [1.54, 1.807) is 12.3 Å². The molecule has 5 rings (SSSR count). The minimum atomic E-state index is -0.383. The first-order valence-corrected chi connectivity index (χ1v) is 10.9. The summed E-state index contributed by atoms with van der Waals surface area (Å²) in [7, 11) is 2.15. The van der Waals surface area contributed by atoms with Crippen LogP contribution in [0.3, 0.4) is 0 Å². The van der Waals surface area contributed by atoms with Crippen molar-refractivity contribution in [3.05, 3.63) is 59.4 Å². The van der Waals surface area contributed by atoms with Crippen LogP contribution in [0.4, 0.5) is 10.5 Å². The van der Waals surface area contributed by atoms with Gasteiger partial charge in [-0.2, -0.15) is 0 Å². The number of anilines is 1. The number of fused-ring (bicyclic) bond motifs is 1. The van der Waals surface area contributed by atoms with E-state index in [0.717, 1.165) is 60.0 Å². The molecule has 2 aromatic heterocycles. The fourth-order valence-electron chi connectivity index (χ4n) is 3.82. The average molecular weight is 432 g/mol. The van der Waals surface area contributed by atoms with E-state index in [-0.39, 0.29) is 11.1 Å². The molecule has 2 saturated heterocycles. The van der Waals surface area contributed by atoms with Gasteiger partial charge >= 0.3 is 0 Å². The van der Waals surface area contributed by atoms with Crippen molar-refractivity contribution in [2.75, 3.05) is 38.1 Å². The largest absolute Gasteiger partial charge is 0.369 e. The number of piperazine rings is 1. The number of likely N-dealkylation sites (N-methyl/N-ethyl adjacent to an activating group) is 1. The van der Waals surface area contributed by atoms with Crippen LogP contribution in [0.15, 0.2) is 53.7 Å². The van der Waals surface area contributed by atoms with Gasteiger partial charge in [-0.05, 0) is 54.7 Å². The number of nitrogens with zero attached hydrogens (tertiary/aromatic N) is 4. The number of nitrogens with one attached hydrogen (secondary N) is 1. The lowest BCUT2D eigenvalue weighted by Gasteiger charge is -2.34. The summed E-state index contributed by atoms with van der Waals surface area (Å²) in [6.07, 6.45) is 5.24. The fourth-order valence-corrected chi connectivity index (χ4v) is 4.49. The third kappa shape index (κ3) is 4.04. The molecule has 7 nitrogen and oxygen atoms in total. The van der Waals surface area contributed by atoms with Crippen LogP contribution in [-0.2, 0) is 4.79 Å². The second-order valence-corrected chi connectivity index (χ2v) is 8.70. The number of benzene rings is 1. The van der Waals surface area contributed by atoms with Gasteiger partial charge < -0.3 is 9.80 Å². The zero-order valence-corrected chi connectivity index (χ0v) is 17.9. The molecule has 0 saturated carbocycles. The molecule has 2 aliphatic heterocycles. The standard InChI is InChI=1S/C23H21N5O2S/c1-27-8-10-28(11-9-27)18-6-3-15(4-7-18)19-14-24-13-16-2-5-17(25-21(16)19)12-20-22(29)26-23(30)31-20/h2-7,12-14H,8-11H2,1H3,(H,26,29,30). The molecule has 0 radical (unpaired) electrons. The van der Waals surface area contributed by atoms with Gasteiger partial charge in [-0.25, -0.2) is 4.98 Å². The molecule has 2 amide bonds. The summed E-state index contributed by atoms with van der Waals surface area (Å²) in [6.45, 7) is 4.19. The first kappa shape index (κ1) is 19.7. The van der Waals surface area contributed by atoms with Gasteiger partial charge in [-0.15, -0.1) is 0 Å². The van der Waals surface area contributed by atoms with E-state index in [0.29, 0.717) is 10.6 Å². The van der Waals surface area contributed by atoms with Crippen molar-refractivity contribution >= 4 is 45.6 Å². The van der Waals surface area contributed by atoms with Crippen molar-refractivity contribution in [2.45, 2.75) is 0 Å². The number of rotatable bonds is 3. The molecule has 8 heteroatoms. The molecular weight excluding hydrogens is 410 g/mol. The van der Waals surface area contributed by atoms with Crippen LogP contribution in [0.1, 0.15) is 5.69 Å². The van der Waals surface area contributed by atoms with Crippen molar-refractivity contribution in [3.63, 3.8) is 0 Å². The van der Waals surface area contributed by atoms with E-state index < -0.39 is 0 Å². The molecule has 31 heavy (non-hydrogen) atoms. The summed E-state index contributed by atoms with van der Waals surface area (Å²) < 4.78 is 0. The van der Waals surface area contributed by atoms with Gasteiger partial charge in [0, 0.05) is 55.2 Å². The maximum atomic E-state index is 11.9. The second kappa shape index (κ2) is 8.13. The van der Waals surface area contributed by atoms with E-state index >= 15 is 0 Å². The maximum Gasteiger partial charge on any atom is 0.290 e. The van der Waals surface area contributed by atoms with Gasteiger partial charge in [0.2, 0.25) is 0 Å². The number of thioether (sulfide) groups is 1. The van der Waals surface area contributed by atoms with E-state index in [1.807, 2.05) is 18.3 Å². The Morgan fingerprint density at radius 3 is 2.48 bits per heavy atom. The third-order valence-corrected chi connectivity index (χ3v) is 6.40. The topological polar surface area (TPSA) is 78.4 Å². The Morgan fingerprint density at radius 2 is 1.77 bits per heavy atom. The van der Waals surface area contributed by atoms with E-state index in [4.69, 9.17) is 4.98 Å². The number of carbonyl (C=O) groups excluding carboxylic acids is 2. The highest BCUT2D eigenvalue weighted by Gasteiger charge is 2.25. The molecule has 1 N–H and O–H groups in total. The Labute approximate surface area is 184 Å². The minimum Gasteiger partial charge on any atom is -0.369 e. The lowest BCUT2D eigenvalue weighted by Crippen LogP contribution is -2.44. The number of pyridine rings is 2. The molecule has 0 atom stereocenters. The Balaban J connectivity index is 1.47. The Hall–Kier alpha value is -3.23. The SMILES string of the molecule is CN1CCN(c2ccc(-c3cncc4ccc(C=C5SC(=O)NC5=O)nc34)cc2)CC1. The van der Waals surface area contributed by atoms with Crippen LogP contribution in [0, 0.1) is 0 Å². The third-order valence-electron chi connectivity index (χ3n) is 5.59. The first-order valence-electron chi connectivity index (χ1n) is 10.1. The zero-order chi connectivity index (χ0) is 21.4.